The first-order valence-electron chi connectivity index (χ1n) is 17.3. The van der Waals surface area contributed by atoms with E-state index in [1.54, 1.807) is 0 Å². The van der Waals surface area contributed by atoms with E-state index in [-0.39, 0.29) is 0 Å². The molecule has 0 aliphatic carbocycles. The van der Waals surface area contributed by atoms with Crippen molar-refractivity contribution in [1.29, 1.82) is 0 Å². The van der Waals surface area contributed by atoms with Crippen LogP contribution < -0.4 is 4.90 Å². The molecule has 0 N–H and O–H groups in total. The molecule has 0 bridgehead atoms. The highest BCUT2D eigenvalue weighted by Crippen LogP contribution is 2.50. The fraction of sp³-hybridized carbons (Fsp3) is 0. The maximum atomic E-state index is 2.48. The second-order valence-electron chi connectivity index (χ2n) is 12.9. The van der Waals surface area contributed by atoms with Gasteiger partial charge in [-0.1, -0.05) is 152 Å². The van der Waals surface area contributed by atoms with Crippen LogP contribution in [-0.4, -0.2) is 0 Å². The number of hydrogen-bond donors (Lipinski definition) is 0. The molecule has 8 aromatic carbocycles. The summed E-state index contributed by atoms with van der Waals surface area (Å²) in [7, 11) is 0. The van der Waals surface area contributed by atoms with E-state index in [1.165, 1.54) is 79.4 Å². The lowest BCUT2D eigenvalue weighted by Crippen LogP contribution is -2.11. The van der Waals surface area contributed by atoms with Gasteiger partial charge >= 0.3 is 0 Å². The molecular formula is C48H31NS2. The van der Waals surface area contributed by atoms with Crippen LogP contribution >= 0.6 is 22.7 Å². The van der Waals surface area contributed by atoms with Crippen molar-refractivity contribution in [2.45, 2.75) is 0 Å². The second kappa shape index (κ2) is 12.4. The van der Waals surface area contributed by atoms with E-state index in [9.17, 15) is 0 Å². The van der Waals surface area contributed by atoms with Gasteiger partial charge < -0.3 is 4.90 Å². The third-order valence-corrected chi connectivity index (χ3v) is 12.3. The Bertz CT molecular complexity index is 2850. The van der Waals surface area contributed by atoms with Crippen LogP contribution in [-0.2, 0) is 0 Å². The molecule has 240 valence electrons. The molecular weight excluding hydrogens is 655 g/mol. The minimum absolute atomic E-state index is 1.12. The van der Waals surface area contributed by atoms with Crippen LogP contribution in [0, 0.1) is 0 Å². The van der Waals surface area contributed by atoms with Gasteiger partial charge in [0.05, 0.1) is 10.4 Å². The van der Waals surface area contributed by atoms with Gasteiger partial charge in [0.25, 0.3) is 0 Å². The Balaban J connectivity index is 1.22. The second-order valence-corrected chi connectivity index (χ2v) is 15.0. The number of fused-ring (bicyclic) bond motifs is 6. The summed E-state index contributed by atoms with van der Waals surface area (Å²) in [4.78, 5) is 2.48. The van der Waals surface area contributed by atoms with Crippen molar-refractivity contribution in [3.05, 3.63) is 188 Å². The van der Waals surface area contributed by atoms with Crippen LogP contribution in [0.1, 0.15) is 0 Å². The Morgan fingerprint density at radius 2 is 0.863 bits per heavy atom. The lowest BCUT2D eigenvalue weighted by Gasteiger charge is -2.29. The molecule has 3 heteroatoms. The summed E-state index contributed by atoms with van der Waals surface area (Å²) in [6.07, 6.45) is 0. The Kier molecular flexibility index (Phi) is 7.26. The highest BCUT2D eigenvalue weighted by atomic mass is 32.1. The summed E-state index contributed by atoms with van der Waals surface area (Å²) in [6.45, 7) is 0. The van der Waals surface area contributed by atoms with Gasteiger partial charge in [0.2, 0.25) is 0 Å². The zero-order valence-electron chi connectivity index (χ0n) is 27.7. The van der Waals surface area contributed by atoms with Crippen LogP contribution in [0.25, 0.3) is 73.7 Å². The first-order chi connectivity index (χ1) is 25.3. The van der Waals surface area contributed by atoms with E-state index in [2.05, 4.69) is 193 Å². The van der Waals surface area contributed by atoms with Gasteiger partial charge in [-0.05, 0) is 64.2 Å². The molecule has 0 fully saturated rings. The molecule has 51 heavy (non-hydrogen) atoms. The fourth-order valence-corrected chi connectivity index (χ4v) is 9.95. The monoisotopic (exact) mass is 685 g/mol. The number of nitrogens with zero attached hydrogens (tertiary/aromatic N) is 1. The molecule has 2 heterocycles. The van der Waals surface area contributed by atoms with Crippen LogP contribution in [0.4, 0.5) is 17.1 Å². The average molecular weight is 686 g/mol. The first kappa shape index (κ1) is 29.9. The summed E-state index contributed by atoms with van der Waals surface area (Å²) in [5, 5.41) is 5.22. The van der Waals surface area contributed by atoms with Crippen molar-refractivity contribution in [3.63, 3.8) is 0 Å². The predicted octanol–water partition coefficient (Wildman–Crippen LogP) is 14.9. The summed E-state index contributed by atoms with van der Waals surface area (Å²) < 4.78 is 5.23. The molecule has 0 aliphatic rings. The fourth-order valence-electron chi connectivity index (χ4n) is 7.47. The van der Waals surface area contributed by atoms with Gasteiger partial charge in [0.1, 0.15) is 0 Å². The highest BCUT2D eigenvalue weighted by Gasteiger charge is 2.23. The zero-order valence-corrected chi connectivity index (χ0v) is 29.3. The van der Waals surface area contributed by atoms with Crippen molar-refractivity contribution in [2.75, 3.05) is 4.90 Å². The van der Waals surface area contributed by atoms with Crippen molar-refractivity contribution >= 4 is 80.1 Å². The molecule has 0 saturated heterocycles. The number of benzene rings is 8. The molecule has 2 aromatic heterocycles. The van der Waals surface area contributed by atoms with Gasteiger partial charge in [-0.25, -0.2) is 0 Å². The SMILES string of the molecule is c1ccc(-c2cccc(N(c3ccc(-c4cccc5c4sc4ccccc45)cc3)c3c(-c4ccccc4)ccc4c3sc3ccccc34)c2)cc1. The molecule has 0 amide bonds. The number of hydrogen-bond acceptors (Lipinski definition) is 3. The smallest absolute Gasteiger partial charge is 0.0718 e. The van der Waals surface area contributed by atoms with Gasteiger partial charge in [-0.2, -0.15) is 0 Å². The van der Waals surface area contributed by atoms with Crippen LogP contribution in [0.3, 0.4) is 0 Å². The summed E-state index contributed by atoms with van der Waals surface area (Å²) in [5.41, 5.74) is 10.7. The van der Waals surface area contributed by atoms with Crippen molar-refractivity contribution in [3.8, 4) is 33.4 Å². The van der Waals surface area contributed by atoms with Crippen LogP contribution in [0.15, 0.2) is 188 Å². The summed E-state index contributed by atoms with van der Waals surface area (Å²) >= 11 is 3.76. The minimum atomic E-state index is 1.12. The highest BCUT2D eigenvalue weighted by molar-refractivity contribution is 7.26. The third kappa shape index (κ3) is 5.13. The summed E-state index contributed by atoms with van der Waals surface area (Å²) in [6, 6.07) is 68.6. The summed E-state index contributed by atoms with van der Waals surface area (Å²) in [5.74, 6) is 0. The van der Waals surface area contributed by atoms with Gasteiger partial charge in [0, 0.05) is 52.6 Å². The standard InChI is InChI=1S/C48H31NS2/c1-3-13-32(14-4-1)35-17-11-18-37(31-35)49(36-27-25-34(26-28-36)39-21-12-22-42-40-19-7-9-23-44(40)50-47(39)42)46-38(33-15-5-2-6-16-33)29-30-43-41-20-8-10-24-45(41)51-48(43)46/h1-31H. The molecule has 0 spiro atoms. The van der Waals surface area contributed by atoms with Gasteiger partial charge in [-0.3, -0.25) is 0 Å². The van der Waals surface area contributed by atoms with Crippen LogP contribution in [0.5, 0.6) is 0 Å². The number of rotatable bonds is 6. The zero-order chi connectivity index (χ0) is 33.7. The molecule has 0 atom stereocenters. The molecule has 0 unspecified atom stereocenters. The Morgan fingerprint density at radius 1 is 0.314 bits per heavy atom. The van der Waals surface area contributed by atoms with E-state index in [1.807, 2.05) is 22.7 Å². The van der Waals surface area contributed by atoms with Crippen LogP contribution in [0.2, 0.25) is 0 Å². The Labute approximate surface area is 304 Å². The maximum Gasteiger partial charge on any atom is 0.0718 e. The van der Waals surface area contributed by atoms with E-state index < -0.39 is 0 Å². The lowest BCUT2D eigenvalue weighted by atomic mass is 9.98. The van der Waals surface area contributed by atoms with Crippen molar-refractivity contribution in [1.82, 2.24) is 0 Å². The first-order valence-corrected chi connectivity index (χ1v) is 18.9. The van der Waals surface area contributed by atoms with E-state index >= 15 is 0 Å². The largest absolute Gasteiger partial charge is 0.308 e. The topological polar surface area (TPSA) is 3.24 Å². The normalized spacial score (nSPS) is 11.5. The van der Waals surface area contributed by atoms with Crippen molar-refractivity contribution < 1.29 is 0 Å². The predicted molar refractivity (Wildman–Crippen MR) is 223 cm³/mol. The third-order valence-electron chi connectivity index (χ3n) is 9.88. The Hall–Kier alpha value is -6.00. The number of thiophene rings is 2. The average Bonchev–Trinajstić information content (AvgIpc) is 3.78. The van der Waals surface area contributed by atoms with Gasteiger partial charge in [-0.15, -0.1) is 22.7 Å². The lowest BCUT2D eigenvalue weighted by molar-refractivity contribution is 1.30. The molecule has 0 aliphatic heterocycles. The minimum Gasteiger partial charge on any atom is -0.308 e. The molecule has 10 rings (SSSR count). The molecule has 0 saturated carbocycles. The van der Waals surface area contributed by atoms with E-state index in [0.29, 0.717) is 0 Å². The van der Waals surface area contributed by atoms with Crippen molar-refractivity contribution in [2.24, 2.45) is 0 Å². The Morgan fingerprint density at radius 3 is 1.59 bits per heavy atom. The van der Waals surface area contributed by atoms with Gasteiger partial charge in [0.15, 0.2) is 0 Å². The molecule has 0 radical (unpaired) electrons. The molecule has 10 aromatic rings. The van der Waals surface area contributed by atoms with E-state index in [4.69, 9.17) is 0 Å². The van der Waals surface area contributed by atoms with E-state index in [0.717, 1.165) is 11.4 Å². The number of anilines is 3. The maximum absolute atomic E-state index is 2.48. The quantitative estimate of drug-likeness (QED) is 0.168. The molecule has 1 nitrogen and oxygen atoms in total.